The Kier molecular flexibility index (Phi) is 6.91. The predicted molar refractivity (Wildman–Crippen MR) is 145 cm³/mol. The van der Waals surface area contributed by atoms with Gasteiger partial charge in [0.25, 0.3) is 5.91 Å². The lowest BCUT2D eigenvalue weighted by Gasteiger charge is -2.13. The van der Waals surface area contributed by atoms with Gasteiger partial charge in [0.2, 0.25) is 0 Å². The number of amidine groups is 1. The summed E-state index contributed by atoms with van der Waals surface area (Å²) >= 11 is 1.26. The van der Waals surface area contributed by atoms with Crippen LogP contribution in [0.4, 0.5) is 5.69 Å². The van der Waals surface area contributed by atoms with Gasteiger partial charge in [0.15, 0.2) is 5.17 Å². The van der Waals surface area contributed by atoms with Crippen molar-refractivity contribution < 1.29 is 24.2 Å². The van der Waals surface area contributed by atoms with Crippen LogP contribution in [-0.4, -0.2) is 29.3 Å². The first-order valence-electron chi connectivity index (χ1n) is 11.4. The summed E-state index contributed by atoms with van der Waals surface area (Å²) in [5.41, 5.74) is 2.53. The van der Waals surface area contributed by atoms with Crippen LogP contribution in [0.2, 0.25) is 0 Å². The van der Waals surface area contributed by atoms with Gasteiger partial charge in [-0.15, -0.1) is 0 Å². The van der Waals surface area contributed by atoms with Gasteiger partial charge in [-0.25, -0.2) is 9.79 Å². The number of nitrogens with zero attached hydrogens (tertiary/aromatic N) is 1. The van der Waals surface area contributed by atoms with E-state index < -0.39 is 5.97 Å². The van der Waals surface area contributed by atoms with Crippen molar-refractivity contribution in [3.8, 4) is 11.5 Å². The van der Waals surface area contributed by atoms with Crippen molar-refractivity contribution in [3.63, 3.8) is 0 Å². The average molecular weight is 511 g/mol. The minimum absolute atomic E-state index is 0.219. The molecular weight excluding hydrogens is 488 g/mol. The monoisotopic (exact) mass is 510 g/mol. The summed E-state index contributed by atoms with van der Waals surface area (Å²) in [7, 11) is 1.60. The summed E-state index contributed by atoms with van der Waals surface area (Å²) in [6.07, 6.45) is 1.82. The van der Waals surface area contributed by atoms with E-state index in [-0.39, 0.29) is 18.1 Å². The van der Waals surface area contributed by atoms with E-state index in [9.17, 15) is 9.59 Å². The summed E-state index contributed by atoms with van der Waals surface area (Å²) in [5.74, 6) is 0.134. The van der Waals surface area contributed by atoms with Crippen molar-refractivity contribution in [1.29, 1.82) is 0 Å². The van der Waals surface area contributed by atoms with Crippen molar-refractivity contribution >= 4 is 51.3 Å². The topological polar surface area (TPSA) is 97.2 Å². The van der Waals surface area contributed by atoms with Gasteiger partial charge in [0, 0.05) is 5.56 Å². The molecule has 0 aliphatic carbocycles. The number of fused-ring (bicyclic) bond motifs is 1. The van der Waals surface area contributed by atoms with Gasteiger partial charge in [0.1, 0.15) is 18.1 Å². The van der Waals surface area contributed by atoms with Crippen LogP contribution in [-0.2, 0) is 11.4 Å². The molecular formula is C29H22N2O5S. The second-order valence-electron chi connectivity index (χ2n) is 8.17. The third-order valence-corrected chi connectivity index (χ3v) is 6.67. The quantitative estimate of drug-likeness (QED) is 0.295. The lowest BCUT2D eigenvalue weighted by Crippen LogP contribution is -2.19. The number of methoxy groups -OCH3 is 1. The molecule has 0 atom stereocenters. The molecule has 0 unspecified atom stereocenters. The van der Waals surface area contributed by atoms with Crippen molar-refractivity contribution in [2.45, 2.75) is 6.61 Å². The number of carboxylic acids is 1. The van der Waals surface area contributed by atoms with E-state index in [1.54, 1.807) is 31.4 Å². The van der Waals surface area contributed by atoms with E-state index in [0.29, 0.717) is 21.5 Å². The number of hydrogen-bond donors (Lipinski definition) is 2. The molecule has 37 heavy (non-hydrogen) atoms. The molecule has 0 aromatic heterocycles. The summed E-state index contributed by atoms with van der Waals surface area (Å²) in [4.78, 5) is 29.0. The molecule has 1 aliphatic heterocycles. The van der Waals surface area contributed by atoms with Gasteiger partial charge in [-0.05, 0) is 76.6 Å². The molecule has 1 heterocycles. The maximum absolute atomic E-state index is 12.8. The lowest BCUT2D eigenvalue weighted by atomic mass is 10.0. The number of hydrogen-bond acceptors (Lipinski definition) is 6. The fraction of sp³-hybridized carbons (Fsp3) is 0.0690. The Morgan fingerprint density at radius 2 is 1.76 bits per heavy atom. The molecule has 0 bridgehead atoms. The van der Waals surface area contributed by atoms with Crippen LogP contribution in [0.1, 0.15) is 21.5 Å². The van der Waals surface area contributed by atoms with E-state index in [2.05, 4.69) is 10.3 Å². The molecule has 1 fully saturated rings. The zero-order valence-electron chi connectivity index (χ0n) is 19.8. The first-order chi connectivity index (χ1) is 18.0. The number of carboxylic acid groups (broad SMARTS) is 1. The minimum Gasteiger partial charge on any atom is -0.497 e. The molecule has 0 saturated carbocycles. The molecule has 8 heteroatoms. The van der Waals surface area contributed by atoms with Crippen LogP contribution in [0.15, 0.2) is 94.8 Å². The molecule has 2 N–H and O–H groups in total. The van der Waals surface area contributed by atoms with Crippen LogP contribution in [0.25, 0.3) is 16.8 Å². The Morgan fingerprint density at radius 1 is 1.00 bits per heavy atom. The smallest absolute Gasteiger partial charge is 0.335 e. The Hall–Kier alpha value is -4.56. The Labute approximate surface area is 217 Å². The van der Waals surface area contributed by atoms with Crippen molar-refractivity contribution in [2.24, 2.45) is 4.99 Å². The van der Waals surface area contributed by atoms with Crippen LogP contribution in [0, 0.1) is 0 Å². The lowest BCUT2D eigenvalue weighted by molar-refractivity contribution is -0.115. The van der Waals surface area contributed by atoms with Crippen LogP contribution in [0.5, 0.6) is 11.5 Å². The molecule has 0 spiro atoms. The highest BCUT2D eigenvalue weighted by Crippen LogP contribution is 2.35. The summed E-state index contributed by atoms with van der Waals surface area (Å²) in [6, 6.07) is 25.6. The van der Waals surface area contributed by atoms with E-state index in [0.717, 1.165) is 27.6 Å². The maximum atomic E-state index is 12.8. The Balaban J connectivity index is 1.44. The SMILES string of the molecule is COc1ccc(N=C2NC(=O)C(=Cc3c(OCc4ccc(C(=O)O)cc4)ccc4ccccc34)S2)cc1. The number of ether oxygens (including phenoxy) is 2. The first-order valence-corrected chi connectivity index (χ1v) is 12.2. The number of amides is 1. The number of carbonyl (C=O) groups excluding carboxylic acids is 1. The van der Waals surface area contributed by atoms with Gasteiger partial charge in [-0.1, -0.05) is 42.5 Å². The molecule has 4 aromatic carbocycles. The zero-order valence-corrected chi connectivity index (χ0v) is 20.6. The van der Waals surface area contributed by atoms with Crippen LogP contribution >= 0.6 is 11.8 Å². The van der Waals surface area contributed by atoms with Gasteiger partial charge >= 0.3 is 5.97 Å². The number of carbonyl (C=O) groups is 2. The van der Waals surface area contributed by atoms with Crippen molar-refractivity contribution in [1.82, 2.24) is 5.32 Å². The second-order valence-corrected chi connectivity index (χ2v) is 9.20. The molecule has 184 valence electrons. The Bertz CT molecular complexity index is 1540. The highest BCUT2D eigenvalue weighted by molar-refractivity contribution is 8.18. The number of benzene rings is 4. The number of aromatic carboxylic acids is 1. The fourth-order valence-electron chi connectivity index (χ4n) is 3.84. The normalized spacial score (nSPS) is 15.2. The number of aliphatic imine (C=N–C) groups is 1. The zero-order chi connectivity index (χ0) is 25.8. The minimum atomic E-state index is -0.974. The molecule has 1 saturated heterocycles. The fourth-order valence-corrected chi connectivity index (χ4v) is 4.66. The highest BCUT2D eigenvalue weighted by Gasteiger charge is 2.25. The van der Waals surface area contributed by atoms with Crippen molar-refractivity contribution in [3.05, 3.63) is 107 Å². The maximum Gasteiger partial charge on any atom is 0.335 e. The highest BCUT2D eigenvalue weighted by atomic mass is 32.2. The van der Waals surface area contributed by atoms with Crippen LogP contribution in [0.3, 0.4) is 0 Å². The third kappa shape index (κ3) is 5.49. The van der Waals surface area contributed by atoms with E-state index in [1.165, 1.54) is 11.8 Å². The molecule has 7 nitrogen and oxygen atoms in total. The second kappa shape index (κ2) is 10.6. The van der Waals surface area contributed by atoms with E-state index >= 15 is 0 Å². The number of thioether (sulfide) groups is 1. The van der Waals surface area contributed by atoms with Crippen LogP contribution < -0.4 is 14.8 Å². The molecule has 4 aromatic rings. The molecule has 0 radical (unpaired) electrons. The first kappa shape index (κ1) is 24.1. The number of nitrogens with one attached hydrogen (secondary N) is 1. The van der Waals surface area contributed by atoms with Crippen molar-refractivity contribution in [2.75, 3.05) is 7.11 Å². The van der Waals surface area contributed by atoms with Gasteiger partial charge in [0.05, 0.1) is 23.3 Å². The van der Waals surface area contributed by atoms with E-state index in [4.69, 9.17) is 14.6 Å². The van der Waals surface area contributed by atoms with Gasteiger partial charge < -0.3 is 19.9 Å². The van der Waals surface area contributed by atoms with Gasteiger partial charge in [-0.3, -0.25) is 4.79 Å². The number of rotatable bonds is 7. The summed E-state index contributed by atoms with van der Waals surface area (Å²) in [5, 5.41) is 14.4. The Morgan fingerprint density at radius 3 is 2.49 bits per heavy atom. The summed E-state index contributed by atoms with van der Waals surface area (Å²) < 4.78 is 11.3. The van der Waals surface area contributed by atoms with Gasteiger partial charge in [-0.2, -0.15) is 0 Å². The average Bonchev–Trinajstić information content (AvgIpc) is 3.27. The van der Waals surface area contributed by atoms with E-state index in [1.807, 2.05) is 66.7 Å². The molecule has 5 rings (SSSR count). The predicted octanol–water partition coefficient (Wildman–Crippen LogP) is 6.02. The molecule has 1 amide bonds. The third-order valence-electron chi connectivity index (χ3n) is 5.76. The molecule has 1 aliphatic rings. The summed E-state index contributed by atoms with van der Waals surface area (Å²) in [6.45, 7) is 0.248. The standard InChI is InChI=1S/C29H22N2O5S/c1-35-22-13-11-21(12-14-22)30-29-31-27(32)26(37-29)16-24-23-5-3-2-4-19(23)10-15-25(24)36-17-18-6-8-20(9-7-18)28(33)34/h2-16H,17H2,1H3,(H,33,34)(H,30,31,32). The largest absolute Gasteiger partial charge is 0.497 e.